The Bertz CT molecular complexity index is 1330. The summed E-state index contributed by atoms with van der Waals surface area (Å²) in [5, 5.41) is 12.6. The number of carbonyl (C=O) groups is 2. The predicted molar refractivity (Wildman–Crippen MR) is 120 cm³/mol. The van der Waals surface area contributed by atoms with Gasteiger partial charge < -0.3 is 19.7 Å². The van der Waals surface area contributed by atoms with Gasteiger partial charge in [-0.1, -0.05) is 17.7 Å². The fourth-order valence-electron chi connectivity index (χ4n) is 3.38. The number of carboxylic acid groups (broad SMARTS) is 1. The van der Waals surface area contributed by atoms with Gasteiger partial charge in [0.2, 0.25) is 0 Å². The Morgan fingerprint density at radius 1 is 1.06 bits per heavy atom. The number of fused-ring (bicyclic) bond motifs is 1. The van der Waals surface area contributed by atoms with Crippen LogP contribution in [0.1, 0.15) is 16.1 Å². The molecule has 6 nitrogen and oxygen atoms in total. The van der Waals surface area contributed by atoms with Crippen LogP contribution in [-0.4, -0.2) is 21.6 Å². The fourth-order valence-corrected chi connectivity index (χ4v) is 3.62. The first-order valence-electron chi connectivity index (χ1n) is 9.64. The first-order valence-corrected chi connectivity index (χ1v) is 10.0. The van der Waals surface area contributed by atoms with Crippen molar-refractivity contribution in [2.24, 2.45) is 7.05 Å². The standard InChI is InChI=1S/C24H18ClFN2O4/c1-28-20-8-3-16(26)12-15(20)13-21(28)24(31)27-17-4-6-18(7-5-17)32-22-9-2-14(10-19(22)25)11-23(29)30/h2-10,12-13H,11H2,1H3,(H,27,31)(H,29,30). The van der Waals surface area contributed by atoms with E-state index in [9.17, 15) is 14.0 Å². The van der Waals surface area contributed by atoms with E-state index in [0.717, 1.165) is 5.52 Å². The van der Waals surface area contributed by atoms with Crippen LogP contribution >= 0.6 is 11.6 Å². The number of hydrogen-bond donors (Lipinski definition) is 2. The Morgan fingerprint density at radius 2 is 1.81 bits per heavy atom. The SMILES string of the molecule is Cn1c(C(=O)Nc2ccc(Oc3ccc(CC(=O)O)cc3Cl)cc2)cc2cc(F)ccc21. The smallest absolute Gasteiger partial charge is 0.307 e. The molecule has 0 saturated carbocycles. The molecule has 0 atom stereocenters. The lowest BCUT2D eigenvalue weighted by Gasteiger charge is -2.10. The summed E-state index contributed by atoms with van der Waals surface area (Å²) in [6.45, 7) is 0. The van der Waals surface area contributed by atoms with Gasteiger partial charge in [-0.25, -0.2) is 4.39 Å². The zero-order valence-electron chi connectivity index (χ0n) is 16.9. The number of nitrogens with one attached hydrogen (secondary N) is 1. The molecule has 162 valence electrons. The van der Waals surface area contributed by atoms with Gasteiger partial charge in [0.15, 0.2) is 0 Å². The summed E-state index contributed by atoms with van der Waals surface area (Å²) in [5.41, 5.74) is 2.29. The van der Waals surface area contributed by atoms with Gasteiger partial charge in [-0.2, -0.15) is 0 Å². The van der Waals surface area contributed by atoms with E-state index in [1.54, 1.807) is 66.2 Å². The van der Waals surface area contributed by atoms with E-state index in [4.69, 9.17) is 21.4 Å². The summed E-state index contributed by atoms with van der Waals surface area (Å²) >= 11 is 6.19. The second-order valence-corrected chi connectivity index (χ2v) is 7.61. The summed E-state index contributed by atoms with van der Waals surface area (Å²) in [6, 6.07) is 17.5. The second kappa shape index (κ2) is 8.72. The molecule has 4 aromatic rings. The molecular weight excluding hydrogens is 435 g/mol. The third-order valence-electron chi connectivity index (χ3n) is 4.93. The molecule has 1 heterocycles. The molecule has 32 heavy (non-hydrogen) atoms. The molecule has 0 aliphatic rings. The molecule has 1 amide bonds. The van der Waals surface area contributed by atoms with Gasteiger partial charge in [0.1, 0.15) is 23.0 Å². The first kappa shape index (κ1) is 21.4. The lowest BCUT2D eigenvalue weighted by atomic mass is 10.1. The number of aryl methyl sites for hydroxylation is 1. The highest BCUT2D eigenvalue weighted by molar-refractivity contribution is 6.32. The molecule has 1 aromatic heterocycles. The van der Waals surface area contributed by atoms with Gasteiger partial charge in [0.05, 0.1) is 11.4 Å². The molecule has 0 saturated heterocycles. The number of carbonyl (C=O) groups excluding carboxylic acids is 1. The topological polar surface area (TPSA) is 80.6 Å². The highest BCUT2D eigenvalue weighted by atomic mass is 35.5. The van der Waals surface area contributed by atoms with Gasteiger partial charge in [-0.05, 0) is 66.2 Å². The van der Waals surface area contributed by atoms with Gasteiger partial charge >= 0.3 is 5.97 Å². The van der Waals surface area contributed by atoms with Gasteiger partial charge in [-0.15, -0.1) is 0 Å². The summed E-state index contributed by atoms with van der Waals surface area (Å²) in [7, 11) is 1.75. The number of nitrogens with zero attached hydrogens (tertiary/aromatic N) is 1. The molecule has 0 spiro atoms. The van der Waals surface area contributed by atoms with Crippen LogP contribution in [0.25, 0.3) is 10.9 Å². The maximum atomic E-state index is 13.5. The number of aliphatic carboxylic acids is 1. The Balaban J connectivity index is 1.46. The van der Waals surface area contributed by atoms with Crippen molar-refractivity contribution in [3.8, 4) is 11.5 Å². The highest BCUT2D eigenvalue weighted by Crippen LogP contribution is 2.31. The molecule has 3 aromatic carbocycles. The zero-order chi connectivity index (χ0) is 22.8. The molecule has 8 heteroatoms. The average Bonchev–Trinajstić information content (AvgIpc) is 3.06. The van der Waals surface area contributed by atoms with Crippen molar-refractivity contribution in [1.29, 1.82) is 0 Å². The average molecular weight is 453 g/mol. The summed E-state index contributed by atoms with van der Waals surface area (Å²) < 4.78 is 20.9. The van der Waals surface area contributed by atoms with Crippen molar-refractivity contribution in [2.75, 3.05) is 5.32 Å². The van der Waals surface area contributed by atoms with E-state index in [1.807, 2.05) is 0 Å². The maximum Gasteiger partial charge on any atom is 0.307 e. The van der Waals surface area contributed by atoms with Crippen molar-refractivity contribution >= 4 is 40.1 Å². The Kier molecular flexibility index (Phi) is 5.83. The van der Waals surface area contributed by atoms with Crippen LogP contribution < -0.4 is 10.1 Å². The quantitative estimate of drug-likeness (QED) is 0.396. The number of benzene rings is 3. The number of aromatic nitrogens is 1. The van der Waals surface area contributed by atoms with E-state index in [2.05, 4.69) is 5.32 Å². The fraction of sp³-hybridized carbons (Fsp3) is 0.0833. The summed E-state index contributed by atoms with van der Waals surface area (Å²) in [5.74, 6) is -0.739. The molecule has 0 aliphatic heterocycles. The Morgan fingerprint density at radius 3 is 2.50 bits per heavy atom. The van der Waals surface area contributed by atoms with Gasteiger partial charge in [0.25, 0.3) is 5.91 Å². The second-order valence-electron chi connectivity index (χ2n) is 7.21. The van der Waals surface area contributed by atoms with E-state index >= 15 is 0 Å². The van der Waals surface area contributed by atoms with Crippen molar-refractivity contribution in [3.05, 3.63) is 88.8 Å². The van der Waals surface area contributed by atoms with Crippen LogP contribution in [0.3, 0.4) is 0 Å². The van der Waals surface area contributed by atoms with Crippen LogP contribution in [0.4, 0.5) is 10.1 Å². The molecule has 0 fully saturated rings. The monoisotopic (exact) mass is 452 g/mol. The Hall–Kier alpha value is -3.84. The van der Waals surface area contributed by atoms with Gasteiger partial charge in [-0.3, -0.25) is 9.59 Å². The number of halogens is 2. The number of ether oxygens (including phenoxy) is 1. The molecule has 4 rings (SSSR count). The number of anilines is 1. The molecule has 0 bridgehead atoms. The third kappa shape index (κ3) is 4.58. The lowest BCUT2D eigenvalue weighted by molar-refractivity contribution is -0.136. The van der Waals surface area contributed by atoms with Crippen LogP contribution in [0.15, 0.2) is 66.7 Å². The normalized spacial score (nSPS) is 10.8. The number of rotatable bonds is 6. The number of amides is 1. The Labute approximate surface area is 187 Å². The van der Waals surface area contributed by atoms with E-state index < -0.39 is 5.97 Å². The highest BCUT2D eigenvalue weighted by Gasteiger charge is 2.14. The largest absolute Gasteiger partial charge is 0.481 e. The molecule has 0 aliphatic carbocycles. The molecule has 2 N–H and O–H groups in total. The first-order chi connectivity index (χ1) is 15.3. The van der Waals surface area contributed by atoms with E-state index in [1.165, 1.54) is 12.1 Å². The predicted octanol–water partition coefficient (Wildman–Crippen LogP) is 5.64. The maximum absolute atomic E-state index is 13.5. The lowest BCUT2D eigenvalue weighted by Crippen LogP contribution is -2.15. The third-order valence-corrected chi connectivity index (χ3v) is 5.22. The van der Waals surface area contributed by atoms with Crippen molar-refractivity contribution < 1.29 is 23.8 Å². The van der Waals surface area contributed by atoms with Crippen LogP contribution in [0.2, 0.25) is 5.02 Å². The van der Waals surface area contributed by atoms with E-state index in [-0.39, 0.29) is 18.1 Å². The van der Waals surface area contributed by atoms with Crippen LogP contribution in [0.5, 0.6) is 11.5 Å². The van der Waals surface area contributed by atoms with Crippen molar-refractivity contribution in [2.45, 2.75) is 6.42 Å². The summed E-state index contributed by atoms with van der Waals surface area (Å²) in [4.78, 5) is 23.5. The number of carboxylic acids is 1. The van der Waals surface area contributed by atoms with Crippen LogP contribution in [-0.2, 0) is 18.3 Å². The minimum Gasteiger partial charge on any atom is -0.481 e. The molecular formula is C24H18ClFN2O4. The zero-order valence-corrected chi connectivity index (χ0v) is 17.7. The van der Waals surface area contributed by atoms with Crippen LogP contribution in [0, 0.1) is 5.82 Å². The molecule has 0 unspecified atom stereocenters. The van der Waals surface area contributed by atoms with Gasteiger partial charge in [0, 0.05) is 23.6 Å². The minimum atomic E-state index is -0.942. The van der Waals surface area contributed by atoms with Crippen molar-refractivity contribution in [3.63, 3.8) is 0 Å². The van der Waals surface area contributed by atoms with E-state index in [0.29, 0.717) is 38.9 Å². The minimum absolute atomic E-state index is 0.125. The number of hydrogen-bond acceptors (Lipinski definition) is 3. The summed E-state index contributed by atoms with van der Waals surface area (Å²) in [6.07, 6.45) is -0.125. The van der Waals surface area contributed by atoms with Crippen molar-refractivity contribution in [1.82, 2.24) is 4.57 Å². The molecule has 0 radical (unpaired) electrons.